The number of carbonyl (C=O) groups excluding carboxylic acids is 1. The zero-order valence-corrected chi connectivity index (χ0v) is 12.8. The molecule has 5 heteroatoms. The van der Waals surface area contributed by atoms with Gasteiger partial charge in [-0.2, -0.15) is 0 Å². The van der Waals surface area contributed by atoms with Gasteiger partial charge in [0.05, 0.1) is 17.8 Å². The van der Waals surface area contributed by atoms with Crippen molar-refractivity contribution in [3.63, 3.8) is 0 Å². The van der Waals surface area contributed by atoms with Crippen LogP contribution in [0, 0.1) is 11.8 Å². The fourth-order valence-corrected chi connectivity index (χ4v) is 4.40. The summed E-state index contributed by atoms with van der Waals surface area (Å²) in [6.45, 7) is 0. The largest absolute Gasteiger partial charge is 0.468 e. The van der Waals surface area contributed by atoms with Crippen molar-refractivity contribution < 1.29 is 9.53 Å². The van der Waals surface area contributed by atoms with Crippen LogP contribution in [0.15, 0.2) is 17.4 Å². The first-order valence-corrected chi connectivity index (χ1v) is 8.37. The van der Waals surface area contributed by atoms with Crippen LogP contribution in [0.3, 0.4) is 0 Å². The van der Waals surface area contributed by atoms with Crippen molar-refractivity contribution >= 4 is 17.7 Å². The monoisotopic (exact) mass is 292 g/mol. The quantitative estimate of drug-likeness (QED) is 0.487. The molecule has 0 bridgehead atoms. The van der Waals surface area contributed by atoms with E-state index in [9.17, 15) is 4.79 Å². The van der Waals surface area contributed by atoms with E-state index in [2.05, 4.69) is 9.97 Å². The molecule has 20 heavy (non-hydrogen) atoms. The predicted molar refractivity (Wildman–Crippen MR) is 77.6 cm³/mol. The maximum absolute atomic E-state index is 12.5. The Bertz CT molecular complexity index is 508. The second-order valence-corrected chi connectivity index (χ2v) is 6.71. The van der Waals surface area contributed by atoms with Gasteiger partial charge in [0.2, 0.25) is 0 Å². The molecular formula is C15H20N2O2S. The second-order valence-electron chi connectivity index (χ2n) is 5.88. The maximum Gasteiger partial charge on any atom is 0.317 e. The van der Waals surface area contributed by atoms with Gasteiger partial charge in [-0.15, -0.1) is 11.8 Å². The van der Waals surface area contributed by atoms with Crippen molar-refractivity contribution in [2.45, 2.75) is 42.5 Å². The number of carbonyl (C=O) groups is 1. The highest BCUT2D eigenvalue weighted by Gasteiger charge is 2.54. The minimum Gasteiger partial charge on any atom is -0.468 e. The number of hydrogen-bond acceptors (Lipinski definition) is 5. The third kappa shape index (κ3) is 2.12. The average Bonchev–Trinajstić information content (AvgIpc) is 3.06. The van der Waals surface area contributed by atoms with E-state index in [-0.39, 0.29) is 5.97 Å². The Morgan fingerprint density at radius 1 is 1.35 bits per heavy atom. The molecular weight excluding hydrogens is 272 g/mol. The molecule has 1 heterocycles. The van der Waals surface area contributed by atoms with Gasteiger partial charge >= 0.3 is 5.97 Å². The summed E-state index contributed by atoms with van der Waals surface area (Å²) >= 11 is 1.58. The van der Waals surface area contributed by atoms with E-state index >= 15 is 0 Å². The van der Waals surface area contributed by atoms with Crippen LogP contribution < -0.4 is 0 Å². The molecule has 0 N–H and O–H groups in total. The lowest BCUT2D eigenvalue weighted by molar-refractivity contribution is -0.147. The van der Waals surface area contributed by atoms with Gasteiger partial charge in [-0.25, -0.2) is 9.97 Å². The molecule has 1 aromatic heterocycles. The van der Waals surface area contributed by atoms with E-state index in [1.54, 1.807) is 18.1 Å². The van der Waals surface area contributed by atoms with E-state index in [1.165, 1.54) is 26.4 Å². The lowest BCUT2D eigenvalue weighted by Crippen LogP contribution is -2.36. The van der Waals surface area contributed by atoms with Gasteiger partial charge in [0.15, 0.2) is 0 Å². The summed E-state index contributed by atoms with van der Waals surface area (Å²) in [6.07, 6.45) is 9.10. The lowest BCUT2D eigenvalue weighted by atomic mass is 9.80. The highest BCUT2D eigenvalue weighted by Crippen LogP contribution is 2.54. The van der Waals surface area contributed by atoms with Crippen LogP contribution >= 0.6 is 11.8 Å². The van der Waals surface area contributed by atoms with Crippen LogP contribution in [-0.4, -0.2) is 29.3 Å². The molecule has 0 aliphatic heterocycles. The van der Waals surface area contributed by atoms with Crippen LogP contribution in [0.2, 0.25) is 0 Å². The summed E-state index contributed by atoms with van der Waals surface area (Å²) in [4.78, 5) is 21.1. The first-order chi connectivity index (χ1) is 9.69. The van der Waals surface area contributed by atoms with Crippen LogP contribution in [0.4, 0.5) is 0 Å². The number of thioether (sulfide) groups is 1. The normalized spacial score (nSPS) is 32.1. The summed E-state index contributed by atoms with van der Waals surface area (Å²) in [7, 11) is 1.48. The standard InChI is InChI=1S/C15H20N2O2S/c1-19-14(18)15(7-10-4-3-5-11(10)8-15)12-6-13(20-2)17-9-16-12/h6,9-11H,3-5,7-8H2,1-2H3. The number of fused-ring (bicyclic) bond motifs is 1. The molecule has 3 rings (SSSR count). The van der Waals surface area contributed by atoms with Crippen molar-refractivity contribution in [1.82, 2.24) is 9.97 Å². The molecule has 2 atom stereocenters. The Morgan fingerprint density at radius 3 is 2.65 bits per heavy atom. The average molecular weight is 292 g/mol. The van der Waals surface area contributed by atoms with E-state index in [0.717, 1.165) is 23.6 Å². The van der Waals surface area contributed by atoms with E-state index < -0.39 is 5.41 Å². The minimum atomic E-state index is -0.544. The Labute approximate surface area is 123 Å². The van der Waals surface area contributed by atoms with Crippen LogP contribution in [0.5, 0.6) is 0 Å². The molecule has 2 unspecified atom stereocenters. The van der Waals surface area contributed by atoms with Crippen molar-refractivity contribution in [3.8, 4) is 0 Å². The van der Waals surface area contributed by atoms with Crippen LogP contribution in [0.1, 0.15) is 37.8 Å². The number of aromatic nitrogens is 2. The van der Waals surface area contributed by atoms with E-state index in [0.29, 0.717) is 11.8 Å². The molecule has 108 valence electrons. The summed E-state index contributed by atoms with van der Waals surface area (Å²) in [5, 5.41) is 0.912. The highest BCUT2D eigenvalue weighted by molar-refractivity contribution is 7.98. The summed E-state index contributed by atoms with van der Waals surface area (Å²) in [5.41, 5.74) is 0.302. The van der Waals surface area contributed by atoms with Gasteiger partial charge in [-0.05, 0) is 37.0 Å². The van der Waals surface area contributed by atoms with Gasteiger partial charge in [-0.1, -0.05) is 19.3 Å². The van der Waals surface area contributed by atoms with Gasteiger partial charge in [0.1, 0.15) is 11.7 Å². The Kier molecular flexibility index (Phi) is 3.71. The Balaban J connectivity index is 2.00. The van der Waals surface area contributed by atoms with Crippen LogP contribution in [-0.2, 0) is 14.9 Å². The fourth-order valence-electron chi connectivity index (χ4n) is 4.02. The third-order valence-corrected chi connectivity index (χ3v) is 5.60. The molecule has 2 aliphatic carbocycles. The topological polar surface area (TPSA) is 52.1 Å². The first kappa shape index (κ1) is 13.9. The molecule has 0 spiro atoms. The lowest BCUT2D eigenvalue weighted by Gasteiger charge is -2.26. The molecule has 2 saturated carbocycles. The van der Waals surface area contributed by atoms with Gasteiger partial charge in [0.25, 0.3) is 0 Å². The number of methoxy groups -OCH3 is 1. The van der Waals surface area contributed by atoms with E-state index in [1.807, 2.05) is 12.3 Å². The Hall–Kier alpha value is -1.10. The van der Waals surface area contributed by atoms with Gasteiger partial charge in [-0.3, -0.25) is 4.79 Å². The SMILES string of the molecule is COC(=O)C1(c2cc(SC)ncn2)CC2CCCC2C1. The zero-order valence-electron chi connectivity index (χ0n) is 12.0. The fraction of sp³-hybridized carbons (Fsp3) is 0.667. The molecule has 0 aromatic carbocycles. The number of nitrogens with zero attached hydrogens (tertiary/aromatic N) is 2. The Morgan fingerprint density at radius 2 is 2.05 bits per heavy atom. The van der Waals surface area contributed by atoms with Crippen molar-refractivity contribution in [2.75, 3.05) is 13.4 Å². The molecule has 2 fully saturated rings. The van der Waals surface area contributed by atoms with Crippen molar-refractivity contribution in [2.24, 2.45) is 11.8 Å². The second kappa shape index (κ2) is 5.35. The number of rotatable bonds is 3. The summed E-state index contributed by atoms with van der Waals surface area (Å²) < 4.78 is 5.12. The highest BCUT2D eigenvalue weighted by atomic mass is 32.2. The van der Waals surface area contributed by atoms with Gasteiger partial charge in [0, 0.05) is 0 Å². The number of ether oxygens (including phenoxy) is 1. The number of esters is 1. The van der Waals surface area contributed by atoms with E-state index in [4.69, 9.17) is 4.74 Å². The number of hydrogen-bond donors (Lipinski definition) is 0. The van der Waals surface area contributed by atoms with Crippen LogP contribution in [0.25, 0.3) is 0 Å². The summed E-state index contributed by atoms with van der Waals surface area (Å²) in [6, 6.07) is 1.96. The summed E-state index contributed by atoms with van der Waals surface area (Å²) in [5.74, 6) is 1.18. The van der Waals surface area contributed by atoms with Crippen molar-refractivity contribution in [3.05, 3.63) is 18.1 Å². The zero-order chi connectivity index (χ0) is 14.2. The molecule has 4 nitrogen and oxygen atoms in total. The molecule has 0 amide bonds. The molecule has 2 aliphatic rings. The van der Waals surface area contributed by atoms with Gasteiger partial charge < -0.3 is 4.74 Å². The molecule has 1 aromatic rings. The first-order valence-electron chi connectivity index (χ1n) is 7.14. The maximum atomic E-state index is 12.5. The third-order valence-electron chi connectivity index (χ3n) is 4.96. The molecule has 0 saturated heterocycles. The predicted octanol–water partition coefficient (Wildman–Crippen LogP) is 2.82. The smallest absolute Gasteiger partial charge is 0.317 e. The molecule has 0 radical (unpaired) electrons. The minimum absolute atomic E-state index is 0.127. The van der Waals surface area contributed by atoms with Crippen molar-refractivity contribution in [1.29, 1.82) is 0 Å².